The van der Waals surface area contributed by atoms with E-state index in [4.69, 9.17) is 9.52 Å². The van der Waals surface area contributed by atoms with Crippen LogP contribution in [-0.4, -0.2) is 21.0 Å². The van der Waals surface area contributed by atoms with Crippen LogP contribution in [-0.2, 0) is 4.79 Å². The van der Waals surface area contributed by atoms with Gasteiger partial charge in [-0.3, -0.25) is 4.79 Å². The molecule has 1 N–H and O–H groups in total. The van der Waals surface area contributed by atoms with Gasteiger partial charge in [-0.1, -0.05) is 12.1 Å². The largest absolute Gasteiger partial charge is 0.481 e. The third-order valence-corrected chi connectivity index (χ3v) is 4.99. The highest BCUT2D eigenvalue weighted by Crippen LogP contribution is 2.41. The summed E-state index contributed by atoms with van der Waals surface area (Å²) >= 11 is 1.66. The maximum absolute atomic E-state index is 11.0. The van der Waals surface area contributed by atoms with Crippen LogP contribution in [0.25, 0.3) is 22.7 Å². The van der Waals surface area contributed by atoms with E-state index >= 15 is 0 Å². The van der Waals surface area contributed by atoms with Crippen molar-refractivity contribution in [3.63, 3.8) is 0 Å². The quantitative estimate of drug-likeness (QED) is 0.711. The molecule has 0 amide bonds. The van der Waals surface area contributed by atoms with E-state index in [0.29, 0.717) is 23.8 Å². The van der Waals surface area contributed by atoms with Gasteiger partial charge in [0.15, 0.2) is 5.58 Å². The van der Waals surface area contributed by atoms with E-state index in [-0.39, 0.29) is 6.42 Å². The normalized spacial score (nSPS) is 15.1. The average molecular weight is 340 g/mol. The molecule has 1 fully saturated rings. The molecule has 24 heavy (non-hydrogen) atoms. The zero-order valence-corrected chi connectivity index (χ0v) is 13.8. The molecule has 1 aliphatic rings. The molecule has 3 aromatic rings. The number of thiazole rings is 1. The fourth-order valence-electron chi connectivity index (χ4n) is 2.56. The Morgan fingerprint density at radius 2 is 2.12 bits per heavy atom. The lowest BCUT2D eigenvalue weighted by molar-refractivity contribution is -0.136. The predicted molar refractivity (Wildman–Crippen MR) is 92.8 cm³/mol. The van der Waals surface area contributed by atoms with Crippen molar-refractivity contribution in [3.05, 3.63) is 46.2 Å². The van der Waals surface area contributed by atoms with Crippen molar-refractivity contribution in [1.82, 2.24) is 9.97 Å². The molecule has 6 heteroatoms. The van der Waals surface area contributed by atoms with Crippen molar-refractivity contribution in [3.8, 4) is 0 Å². The fourth-order valence-corrected chi connectivity index (χ4v) is 3.50. The number of carbonyl (C=O) groups is 1. The lowest BCUT2D eigenvalue weighted by Crippen LogP contribution is -1.96. The summed E-state index contributed by atoms with van der Waals surface area (Å²) in [5.74, 6) is 0.247. The van der Waals surface area contributed by atoms with Gasteiger partial charge in [-0.05, 0) is 37.5 Å². The van der Waals surface area contributed by atoms with Crippen molar-refractivity contribution >= 4 is 40.1 Å². The van der Waals surface area contributed by atoms with E-state index in [1.807, 2.05) is 35.7 Å². The number of aromatic nitrogens is 2. The van der Waals surface area contributed by atoms with Gasteiger partial charge in [0, 0.05) is 23.3 Å². The van der Waals surface area contributed by atoms with Crippen LogP contribution in [0.3, 0.4) is 0 Å². The van der Waals surface area contributed by atoms with E-state index in [1.165, 1.54) is 12.8 Å². The third kappa shape index (κ3) is 3.23. The van der Waals surface area contributed by atoms with Gasteiger partial charge in [-0.25, -0.2) is 9.97 Å². The number of oxazole rings is 1. The van der Waals surface area contributed by atoms with Crippen molar-refractivity contribution in [2.75, 3.05) is 0 Å². The van der Waals surface area contributed by atoms with Gasteiger partial charge in [0.05, 0.1) is 10.7 Å². The molecule has 5 nitrogen and oxygen atoms in total. The molecule has 122 valence electrons. The third-order valence-electron chi connectivity index (χ3n) is 3.97. The number of carboxylic acids is 1. The molecule has 1 aliphatic carbocycles. The second kappa shape index (κ2) is 6.20. The minimum absolute atomic E-state index is 0.0319. The number of carboxylic acid groups (broad SMARTS) is 1. The molecule has 2 heterocycles. The lowest BCUT2D eigenvalue weighted by Gasteiger charge is -2.00. The summed E-state index contributed by atoms with van der Waals surface area (Å²) in [7, 11) is 0. The minimum atomic E-state index is -0.839. The number of fused-ring (bicyclic) bond motifs is 1. The van der Waals surface area contributed by atoms with Gasteiger partial charge in [0.1, 0.15) is 5.52 Å². The van der Waals surface area contributed by atoms with Crippen LogP contribution in [0.4, 0.5) is 0 Å². The smallest absolute Gasteiger partial charge is 0.303 e. The zero-order valence-electron chi connectivity index (χ0n) is 12.9. The Hall–Kier alpha value is -2.47. The van der Waals surface area contributed by atoms with Gasteiger partial charge in [0.25, 0.3) is 0 Å². The zero-order chi connectivity index (χ0) is 16.5. The van der Waals surface area contributed by atoms with Crippen LogP contribution in [0.5, 0.6) is 0 Å². The Bertz CT molecular complexity index is 888. The van der Waals surface area contributed by atoms with Crippen LogP contribution in [0, 0.1) is 0 Å². The van der Waals surface area contributed by atoms with Crippen LogP contribution in [0.15, 0.2) is 34.1 Å². The van der Waals surface area contributed by atoms with Gasteiger partial charge in [-0.15, -0.1) is 11.3 Å². The first-order valence-electron chi connectivity index (χ1n) is 7.93. The number of hydrogen-bond donors (Lipinski definition) is 1. The van der Waals surface area contributed by atoms with E-state index in [1.54, 1.807) is 11.3 Å². The first-order chi connectivity index (χ1) is 11.7. The number of aliphatic carboxylic acids is 1. The standard InChI is InChI=1S/C18H16N2O3S/c21-16(22)8-7-12(9-13-10-24-18(19-13)11-5-6-11)17-20-14-3-1-2-4-15(14)23-17/h1-4,9-11H,5-8H2,(H,21,22). The van der Waals surface area contributed by atoms with Crippen molar-refractivity contribution in [1.29, 1.82) is 0 Å². The summed E-state index contributed by atoms with van der Waals surface area (Å²) in [5, 5.41) is 12.2. The molecule has 0 saturated heterocycles. The molecule has 2 aromatic heterocycles. The first kappa shape index (κ1) is 15.1. The van der Waals surface area contributed by atoms with Gasteiger partial charge >= 0.3 is 5.97 Å². The van der Waals surface area contributed by atoms with Crippen LogP contribution in [0.2, 0.25) is 0 Å². The highest BCUT2D eigenvalue weighted by molar-refractivity contribution is 7.09. The van der Waals surface area contributed by atoms with Crippen molar-refractivity contribution in [2.45, 2.75) is 31.6 Å². The molecule has 0 spiro atoms. The number of rotatable bonds is 6. The molecule has 0 aliphatic heterocycles. The summed E-state index contributed by atoms with van der Waals surface area (Å²) in [4.78, 5) is 20.1. The number of para-hydroxylation sites is 2. The summed E-state index contributed by atoms with van der Waals surface area (Å²) in [5.41, 5.74) is 3.09. The Morgan fingerprint density at radius 1 is 1.29 bits per heavy atom. The lowest BCUT2D eigenvalue weighted by atomic mass is 10.1. The van der Waals surface area contributed by atoms with E-state index < -0.39 is 5.97 Å². The SMILES string of the molecule is O=C(O)CCC(=Cc1csc(C2CC2)n1)c1nc2ccccc2o1. The number of nitrogens with zero attached hydrogens (tertiary/aromatic N) is 2. The van der Waals surface area contributed by atoms with Crippen molar-refractivity contribution in [2.24, 2.45) is 0 Å². The van der Waals surface area contributed by atoms with Gasteiger partial charge in [0.2, 0.25) is 5.89 Å². The second-order valence-corrected chi connectivity index (χ2v) is 6.82. The average Bonchev–Trinajstić information content (AvgIpc) is 3.16. The molecule has 1 aromatic carbocycles. The Labute approximate surface area is 142 Å². The minimum Gasteiger partial charge on any atom is -0.481 e. The first-order valence-corrected chi connectivity index (χ1v) is 8.81. The maximum atomic E-state index is 11.0. The maximum Gasteiger partial charge on any atom is 0.303 e. The fraction of sp³-hybridized carbons (Fsp3) is 0.278. The predicted octanol–water partition coefficient (Wildman–Crippen LogP) is 4.57. The number of hydrogen-bond acceptors (Lipinski definition) is 5. The summed E-state index contributed by atoms with van der Waals surface area (Å²) in [6.07, 6.45) is 4.72. The molecule has 4 rings (SSSR count). The highest BCUT2D eigenvalue weighted by atomic mass is 32.1. The molecule has 0 bridgehead atoms. The molecule has 1 saturated carbocycles. The Morgan fingerprint density at radius 3 is 2.88 bits per heavy atom. The molecule has 0 unspecified atom stereocenters. The second-order valence-electron chi connectivity index (χ2n) is 5.93. The van der Waals surface area contributed by atoms with Crippen LogP contribution < -0.4 is 0 Å². The Balaban J connectivity index is 1.68. The molecule has 0 atom stereocenters. The van der Waals surface area contributed by atoms with Gasteiger partial charge < -0.3 is 9.52 Å². The van der Waals surface area contributed by atoms with E-state index in [9.17, 15) is 4.79 Å². The van der Waals surface area contributed by atoms with Crippen LogP contribution >= 0.6 is 11.3 Å². The van der Waals surface area contributed by atoms with E-state index in [0.717, 1.165) is 21.8 Å². The number of benzene rings is 1. The summed E-state index contributed by atoms with van der Waals surface area (Å²) < 4.78 is 5.80. The summed E-state index contributed by atoms with van der Waals surface area (Å²) in [6.45, 7) is 0. The summed E-state index contributed by atoms with van der Waals surface area (Å²) in [6, 6.07) is 7.53. The Kier molecular flexibility index (Phi) is 3.90. The monoisotopic (exact) mass is 340 g/mol. The van der Waals surface area contributed by atoms with Crippen molar-refractivity contribution < 1.29 is 14.3 Å². The molecular formula is C18H16N2O3S. The van der Waals surface area contributed by atoms with E-state index in [2.05, 4.69) is 9.97 Å². The van der Waals surface area contributed by atoms with Crippen LogP contribution in [0.1, 0.15) is 48.2 Å². The molecule has 0 radical (unpaired) electrons. The highest BCUT2D eigenvalue weighted by Gasteiger charge is 2.26. The topological polar surface area (TPSA) is 76.2 Å². The number of allylic oxidation sites excluding steroid dienone is 1. The van der Waals surface area contributed by atoms with Gasteiger partial charge in [-0.2, -0.15) is 0 Å². The molecular weight excluding hydrogens is 324 g/mol.